The van der Waals surface area contributed by atoms with Crippen molar-refractivity contribution in [2.45, 2.75) is 26.3 Å². The number of nitrogens with zero attached hydrogens (tertiary/aromatic N) is 5. The molecule has 0 aliphatic heterocycles. The Kier molecular flexibility index (Phi) is 5.96. The molecule has 3 aromatic heterocycles. The molecular formula is C31H27N5O2. The number of aromatic nitrogens is 5. The van der Waals surface area contributed by atoms with Gasteiger partial charge in [0.15, 0.2) is 5.65 Å². The van der Waals surface area contributed by atoms with Crippen molar-refractivity contribution < 1.29 is 9.90 Å². The molecule has 0 aliphatic carbocycles. The van der Waals surface area contributed by atoms with Crippen LogP contribution in [0.2, 0.25) is 0 Å². The third-order valence-electron chi connectivity index (χ3n) is 6.95. The lowest BCUT2D eigenvalue weighted by Crippen LogP contribution is -2.05. The summed E-state index contributed by atoms with van der Waals surface area (Å²) in [6.45, 7) is 2.83. The average Bonchev–Trinajstić information content (AvgIpc) is 3.46. The lowest BCUT2D eigenvalue weighted by molar-refractivity contribution is 0.0697. The van der Waals surface area contributed by atoms with Crippen LogP contribution in [0.4, 0.5) is 0 Å². The van der Waals surface area contributed by atoms with Crippen LogP contribution in [0, 0.1) is 0 Å². The maximum atomic E-state index is 11.7. The predicted octanol–water partition coefficient (Wildman–Crippen LogP) is 6.35. The van der Waals surface area contributed by atoms with Crippen molar-refractivity contribution in [1.29, 1.82) is 0 Å². The highest BCUT2D eigenvalue weighted by Crippen LogP contribution is 2.29. The molecule has 0 unspecified atom stereocenters. The number of carboxylic acids is 1. The standard InChI is InChI=1S/C31H27N5O2/c1-3-7-28-33-25-16-15-22(29-34-26-10-6-17-32-30(26)35(29)2)18-27(25)36(28)19-20-11-13-21(14-12-20)23-8-4-5-9-24(23)31(37)38/h4-6,8-18H,3,7,19H2,1-2H3,(H,37,38). The maximum absolute atomic E-state index is 11.7. The molecule has 0 saturated carbocycles. The van der Waals surface area contributed by atoms with E-state index in [4.69, 9.17) is 9.97 Å². The number of imidazole rings is 2. The molecule has 38 heavy (non-hydrogen) atoms. The van der Waals surface area contributed by atoms with Gasteiger partial charge in [-0.15, -0.1) is 0 Å². The van der Waals surface area contributed by atoms with Crippen molar-refractivity contribution in [2.24, 2.45) is 7.05 Å². The van der Waals surface area contributed by atoms with Gasteiger partial charge in [-0.3, -0.25) is 0 Å². The zero-order valence-electron chi connectivity index (χ0n) is 21.3. The molecule has 0 bridgehead atoms. The molecule has 7 nitrogen and oxygen atoms in total. The van der Waals surface area contributed by atoms with E-state index in [0.717, 1.165) is 63.4 Å². The largest absolute Gasteiger partial charge is 0.478 e. The van der Waals surface area contributed by atoms with E-state index in [1.54, 1.807) is 18.3 Å². The third kappa shape index (κ3) is 4.12. The molecule has 0 aliphatic rings. The topological polar surface area (TPSA) is 85.8 Å². The van der Waals surface area contributed by atoms with Gasteiger partial charge in [0.25, 0.3) is 0 Å². The van der Waals surface area contributed by atoms with E-state index in [-0.39, 0.29) is 0 Å². The van der Waals surface area contributed by atoms with Crippen molar-refractivity contribution in [3.05, 3.63) is 102 Å². The minimum Gasteiger partial charge on any atom is -0.478 e. The lowest BCUT2D eigenvalue weighted by atomic mass is 9.99. The SMILES string of the molecule is CCCc1nc2ccc(-c3nc4cccnc4n3C)cc2n1Cc1ccc(-c2ccccc2C(=O)O)cc1. The number of fused-ring (bicyclic) bond motifs is 2. The van der Waals surface area contributed by atoms with Crippen LogP contribution in [-0.4, -0.2) is 35.2 Å². The zero-order valence-corrected chi connectivity index (χ0v) is 21.3. The van der Waals surface area contributed by atoms with Crippen LogP contribution in [0.3, 0.4) is 0 Å². The van der Waals surface area contributed by atoms with E-state index in [9.17, 15) is 9.90 Å². The Balaban J connectivity index is 1.39. The summed E-state index contributed by atoms with van der Waals surface area (Å²) in [4.78, 5) is 26.0. The van der Waals surface area contributed by atoms with Gasteiger partial charge in [0.2, 0.25) is 0 Å². The summed E-state index contributed by atoms with van der Waals surface area (Å²) in [5.74, 6) is 0.990. The Morgan fingerprint density at radius 2 is 1.68 bits per heavy atom. The van der Waals surface area contributed by atoms with Gasteiger partial charge in [0.05, 0.1) is 16.6 Å². The summed E-state index contributed by atoms with van der Waals surface area (Å²) in [5.41, 5.74) is 7.78. The molecule has 0 fully saturated rings. The molecule has 0 amide bonds. The van der Waals surface area contributed by atoms with Crippen molar-refractivity contribution >= 4 is 28.2 Å². The number of pyridine rings is 1. The van der Waals surface area contributed by atoms with Gasteiger partial charge in [0.1, 0.15) is 17.2 Å². The van der Waals surface area contributed by atoms with E-state index >= 15 is 0 Å². The van der Waals surface area contributed by atoms with Gasteiger partial charge >= 0.3 is 5.97 Å². The van der Waals surface area contributed by atoms with E-state index in [2.05, 4.69) is 46.8 Å². The fourth-order valence-electron chi connectivity index (χ4n) is 5.08. The van der Waals surface area contributed by atoms with Crippen LogP contribution in [0.15, 0.2) is 85.1 Å². The highest BCUT2D eigenvalue weighted by atomic mass is 16.4. The highest BCUT2D eigenvalue weighted by Gasteiger charge is 2.16. The number of aryl methyl sites for hydroxylation is 2. The van der Waals surface area contributed by atoms with Gasteiger partial charge in [-0.05, 0) is 59.5 Å². The number of carboxylic acid groups (broad SMARTS) is 1. The molecule has 0 saturated heterocycles. The molecule has 188 valence electrons. The average molecular weight is 502 g/mol. The molecular weight excluding hydrogens is 474 g/mol. The molecule has 6 aromatic rings. The van der Waals surface area contributed by atoms with Gasteiger partial charge < -0.3 is 14.2 Å². The summed E-state index contributed by atoms with van der Waals surface area (Å²) in [7, 11) is 1.99. The zero-order chi connectivity index (χ0) is 26.2. The summed E-state index contributed by atoms with van der Waals surface area (Å²) in [6.07, 6.45) is 3.66. The first-order valence-corrected chi connectivity index (χ1v) is 12.7. The minimum absolute atomic E-state index is 0.302. The number of carbonyl (C=O) groups is 1. The lowest BCUT2D eigenvalue weighted by Gasteiger charge is -2.11. The third-order valence-corrected chi connectivity index (χ3v) is 6.95. The molecule has 0 spiro atoms. The molecule has 0 atom stereocenters. The Labute approximate surface area is 220 Å². The van der Waals surface area contributed by atoms with Gasteiger partial charge in [-0.2, -0.15) is 0 Å². The van der Waals surface area contributed by atoms with Crippen LogP contribution < -0.4 is 0 Å². The van der Waals surface area contributed by atoms with Crippen molar-refractivity contribution in [3.8, 4) is 22.5 Å². The Hall–Kier alpha value is -4.78. The second kappa shape index (κ2) is 9.59. The molecule has 1 N–H and O–H groups in total. The normalized spacial score (nSPS) is 11.4. The van der Waals surface area contributed by atoms with Crippen molar-refractivity contribution in [1.82, 2.24) is 24.1 Å². The highest BCUT2D eigenvalue weighted by molar-refractivity contribution is 5.96. The van der Waals surface area contributed by atoms with E-state index in [0.29, 0.717) is 17.7 Å². The predicted molar refractivity (Wildman–Crippen MR) is 149 cm³/mol. The first-order chi connectivity index (χ1) is 18.5. The quantitative estimate of drug-likeness (QED) is 0.275. The summed E-state index contributed by atoms with van der Waals surface area (Å²) >= 11 is 0. The van der Waals surface area contributed by atoms with Gasteiger partial charge in [-0.25, -0.2) is 19.7 Å². The Bertz CT molecular complexity index is 1800. The van der Waals surface area contributed by atoms with Crippen LogP contribution in [0.5, 0.6) is 0 Å². The number of hydrogen-bond acceptors (Lipinski definition) is 4. The van der Waals surface area contributed by atoms with Crippen LogP contribution >= 0.6 is 0 Å². The van der Waals surface area contributed by atoms with E-state index < -0.39 is 5.97 Å². The number of hydrogen-bond donors (Lipinski definition) is 1. The van der Waals surface area contributed by atoms with Crippen LogP contribution in [0.25, 0.3) is 44.7 Å². The molecule has 3 heterocycles. The molecule has 7 heteroatoms. The van der Waals surface area contributed by atoms with Crippen LogP contribution in [-0.2, 0) is 20.0 Å². The van der Waals surface area contributed by atoms with Crippen molar-refractivity contribution in [2.75, 3.05) is 0 Å². The minimum atomic E-state index is -0.925. The Morgan fingerprint density at radius 1 is 0.895 bits per heavy atom. The first kappa shape index (κ1) is 23.6. The second-order valence-corrected chi connectivity index (χ2v) is 9.46. The molecule has 6 rings (SSSR count). The first-order valence-electron chi connectivity index (χ1n) is 12.7. The summed E-state index contributed by atoms with van der Waals surface area (Å²) < 4.78 is 4.31. The second-order valence-electron chi connectivity index (χ2n) is 9.46. The van der Waals surface area contributed by atoms with Gasteiger partial charge in [0, 0.05) is 31.8 Å². The molecule has 0 radical (unpaired) electrons. The fourth-order valence-corrected chi connectivity index (χ4v) is 5.08. The maximum Gasteiger partial charge on any atom is 0.336 e. The smallest absolute Gasteiger partial charge is 0.336 e. The monoisotopic (exact) mass is 501 g/mol. The van der Waals surface area contributed by atoms with E-state index in [1.807, 2.05) is 48.0 Å². The fraction of sp³-hybridized carbons (Fsp3) is 0.161. The molecule has 3 aromatic carbocycles. The van der Waals surface area contributed by atoms with Gasteiger partial charge in [-0.1, -0.05) is 49.4 Å². The number of aromatic carboxylic acids is 1. The van der Waals surface area contributed by atoms with Crippen molar-refractivity contribution in [3.63, 3.8) is 0 Å². The summed E-state index contributed by atoms with van der Waals surface area (Å²) in [5, 5.41) is 9.58. The Morgan fingerprint density at radius 3 is 2.45 bits per heavy atom. The number of benzene rings is 3. The van der Waals surface area contributed by atoms with Crippen LogP contribution in [0.1, 0.15) is 35.1 Å². The number of rotatable bonds is 7. The van der Waals surface area contributed by atoms with E-state index in [1.165, 1.54) is 0 Å². The summed E-state index contributed by atoms with van der Waals surface area (Å²) in [6, 6.07) is 25.4.